The average molecular weight is 387 g/mol. The summed E-state index contributed by atoms with van der Waals surface area (Å²) in [6.45, 7) is 3.34. The molecular weight excluding hydrogens is 362 g/mol. The summed E-state index contributed by atoms with van der Waals surface area (Å²) in [4.78, 5) is 22.9. The number of nitro benzene ring substituents is 1. The average Bonchev–Trinajstić information content (AvgIpc) is 2.71. The zero-order valence-electron chi connectivity index (χ0n) is 16.1. The summed E-state index contributed by atoms with van der Waals surface area (Å²) in [5.41, 5.74) is 0.861. The van der Waals surface area contributed by atoms with Crippen LogP contribution in [0.3, 0.4) is 0 Å². The lowest BCUT2D eigenvalue weighted by Gasteiger charge is -2.12. The Hall–Kier alpha value is -3.29. The van der Waals surface area contributed by atoms with Crippen molar-refractivity contribution in [2.24, 2.45) is 0 Å². The molecule has 0 spiro atoms. The molecule has 1 amide bonds. The van der Waals surface area contributed by atoms with Crippen molar-refractivity contribution in [3.05, 3.63) is 58.1 Å². The van der Waals surface area contributed by atoms with E-state index in [1.807, 2.05) is 0 Å². The van der Waals surface area contributed by atoms with Gasteiger partial charge in [-0.3, -0.25) is 14.9 Å². The number of carbonyl (C=O) groups is 1. The first kappa shape index (κ1) is 21.0. The van der Waals surface area contributed by atoms with Gasteiger partial charge in [0.15, 0.2) is 11.5 Å². The lowest BCUT2D eigenvalue weighted by Crippen LogP contribution is -2.28. The zero-order chi connectivity index (χ0) is 20.4. The lowest BCUT2D eigenvalue weighted by molar-refractivity contribution is -0.384. The Bertz CT molecular complexity index is 810. The molecule has 8 heteroatoms. The molecule has 150 valence electrons. The molecular formula is C20H25N3O5. The monoisotopic (exact) mass is 387 g/mol. The van der Waals surface area contributed by atoms with E-state index in [9.17, 15) is 14.9 Å². The van der Waals surface area contributed by atoms with E-state index in [1.54, 1.807) is 36.4 Å². The second kappa shape index (κ2) is 10.8. The van der Waals surface area contributed by atoms with E-state index in [2.05, 4.69) is 17.6 Å². The fraction of sp³-hybridized carbons (Fsp3) is 0.350. The van der Waals surface area contributed by atoms with Crippen molar-refractivity contribution in [1.29, 1.82) is 0 Å². The Kier molecular flexibility index (Phi) is 8.08. The van der Waals surface area contributed by atoms with E-state index in [1.165, 1.54) is 13.2 Å². The second-order valence-corrected chi connectivity index (χ2v) is 6.02. The van der Waals surface area contributed by atoms with Crippen LogP contribution in [0.15, 0.2) is 42.5 Å². The van der Waals surface area contributed by atoms with Gasteiger partial charge < -0.3 is 20.1 Å². The highest BCUT2D eigenvalue weighted by molar-refractivity contribution is 5.94. The van der Waals surface area contributed by atoms with Crippen LogP contribution in [0.4, 0.5) is 11.4 Å². The van der Waals surface area contributed by atoms with Gasteiger partial charge in [-0.25, -0.2) is 0 Å². The number of ether oxygens (including phenoxy) is 2. The van der Waals surface area contributed by atoms with Crippen LogP contribution < -0.4 is 20.1 Å². The molecule has 0 saturated carbocycles. The molecule has 0 bridgehead atoms. The molecule has 28 heavy (non-hydrogen) atoms. The summed E-state index contributed by atoms with van der Waals surface area (Å²) in [6.07, 6.45) is 1.97. The first-order valence-electron chi connectivity index (χ1n) is 9.13. The van der Waals surface area contributed by atoms with Crippen molar-refractivity contribution >= 4 is 17.3 Å². The number of benzene rings is 2. The van der Waals surface area contributed by atoms with Crippen LogP contribution in [0, 0.1) is 10.1 Å². The molecule has 0 saturated heterocycles. The molecule has 0 atom stereocenters. The Labute approximate surface area is 164 Å². The van der Waals surface area contributed by atoms with Crippen molar-refractivity contribution < 1.29 is 19.2 Å². The van der Waals surface area contributed by atoms with Crippen molar-refractivity contribution in [3.8, 4) is 11.5 Å². The van der Waals surface area contributed by atoms with E-state index in [0.717, 1.165) is 12.8 Å². The summed E-state index contributed by atoms with van der Waals surface area (Å²) < 4.78 is 11.0. The van der Waals surface area contributed by atoms with Crippen molar-refractivity contribution in [3.63, 3.8) is 0 Å². The maximum Gasteiger partial charge on any atom is 0.292 e. The quantitative estimate of drug-likeness (QED) is 0.347. The number of methoxy groups -OCH3 is 1. The number of nitrogens with one attached hydrogen (secondary N) is 2. The highest BCUT2D eigenvalue weighted by atomic mass is 16.6. The predicted molar refractivity (Wildman–Crippen MR) is 107 cm³/mol. The van der Waals surface area contributed by atoms with Crippen LogP contribution in [0.25, 0.3) is 0 Å². The molecule has 0 aliphatic carbocycles. The van der Waals surface area contributed by atoms with Crippen LogP contribution in [0.2, 0.25) is 0 Å². The Morgan fingerprint density at radius 2 is 1.93 bits per heavy atom. The molecule has 2 aromatic rings. The topological polar surface area (TPSA) is 103 Å². The molecule has 0 aliphatic heterocycles. The van der Waals surface area contributed by atoms with Crippen LogP contribution in [-0.2, 0) is 0 Å². The molecule has 0 radical (unpaired) electrons. The smallest absolute Gasteiger partial charge is 0.292 e. The highest BCUT2D eigenvalue weighted by Gasteiger charge is 2.13. The van der Waals surface area contributed by atoms with Gasteiger partial charge >= 0.3 is 0 Å². The van der Waals surface area contributed by atoms with Gasteiger partial charge in [0.25, 0.3) is 11.6 Å². The number of hydrogen-bond donors (Lipinski definition) is 2. The van der Waals surface area contributed by atoms with E-state index < -0.39 is 4.92 Å². The Morgan fingerprint density at radius 3 is 2.64 bits per heavy atom. The van der Waals surface area contributed by atoms with Crippen molar-refractivity contribution in [2.75, 3.05) is 32.1 Å². The molecule has 2 N–H and O–H groups in total. The molecule has 2 aromatic carbocycles. The SMILES string of the molecule is CCCCOc1ccc(C(=O)NCCNc2ccccc2[N+](=O)[O-])cc1OC. The normalized spacial score (nSPS) is 10.2. The third-order valence-corrected chi connectivity index (χ3v) is 4.01. The zero-order valence-corrected chi connectivity index (χ0v) is 16.1. The van der Waals surface area contributed by atoms with Crippen LogP contribution in [0.1, 0.15) is 30.1 Å². The number of amides is 1. The van der Waals surface area contributed by atoms with Gasteiger partial charge in [0.05, 0.1) is 18.6 Å². The third-order valence-electron chi connectivity index (χ3n) is 4.01. The first-order chi connectivity index (χ1) is 13.6. The van der Waals surface area contributed by atoms with E-state index >= 15 is 0 Å². The number of anilines is 1. The maximum atomic E-state index is 12.3. The molecule has 0 fully saturated rings. The van der Waals surface area contributed by atoms with Gasteiger partial charge in [-0.15, -0.1) is 0 Å². The van der Waals surface area contributed by atoms with E-state index in [-0.39, 0.29) is 11.6 Å². The van der Waals surface area contributed by atoms with Gasteiger partial charge in [0.2, 0.25) is 0 Å². The summed E-state index contributed by atoms with van der Waals surface area (Å²) >= 11 is 0. The highest BCUT2D eigenvalue weighted by Crippen LogP contribution is 2.28. The number of hydrogen-bond acceptors (Lipinski definition) is 6. The predicted octanol–water partition coefficient (Wildman–Crippen LogP) is 3.62. The number of carbonyl (C=O) groups excluding carboxylic acids is 1. The number of para-hydroxylation sites is 2. The second-order valence-electron chi connectivity index (χ2n) is 6.02. The molecule has 0 aromatic heterocycles. The van der Waals surface area contributed by atoms with Gasteiger partial charge in [0, 0.05) is 24.7 Å². The molecule has 0 heterocycles. The van der Waals surface area contributed by atoms with Crippen molar-refractivity contribution in [2.45, 2.75) is 19.8 Å². The third kappa shape index (κ3) is 5.87. The van der Waals surface area contributed by atoms with Gasteiger partial charge in [-0.2, -0.15) is 0 Å². The van der Waals surface area contributed by atoms with Crippen LogP contribution >= 0.6 is 0 Å². The van der Waals surface area contributed by atoms with Gasteiger partial charge in [-0.1, -0.05) is 25.5 Å². The summed E-state index contributed by atoms with van der Waals surface area (Å²) in [6, 6.07) is 11.4. The van der Waals surface area contributed by atoms with Crippen molar-refractivity contribution in [1.82, 2.24) is 5.32 Å². The van der Waals surface area contributed by atoms with E-state index in [0.29, 0.717) is 42.4 Å². The molecule has 8 nitrogen and oxygen atoms in total. The Balaban J connectivity index is 1.88. The standard InChI is InChI=1S/C20H25N3O5/c1-3-4-13-28-18-10-9-15(14-19(18)27-2)20(24)22-12-11-21-16-7-5-6-8-17(16)23(25)26/h5-10,14,21H,3-4,11-13H2,1-2H3,(H,22,24). The molecule has 0 aliphatic rings. The Morgan fingerprint density at radius 1 is 1.14 bits per heavy atom. The van der Waals surface area contributed by atoms with Gasteiger partial charge in [-0.05, 0) is 30.7 Å². The number of nitrogens with zero attached hydrogens (tertiary/aromatic N) is 1. The summed E-state index contributed by atoms with van der Waals surface area (Å²) in [5, 5.41) is 16.7. The minimum atomic E-state index is -0.447. The number of rotatable bonds is 11. The minimum absolute atomic E-state index is 0.00257. The van der Waals surface area contributed by atoms with E-state index in [4.69, 9.17) is 9.47 Å². The van der Waals surface area contributed by atoms with Crippen LogP contribution in [-0.4, -0.2) is 37.6 Å². The number of unbranched alkanes of at least 4 members (excludes halogenated alkanes) is 1. The first-order valence-corrected chi connectivity index (χ1v) is 9.13. The summed E-state index contributed by atoms with van der Waals surface area (Å²) in [5.74, 6) is 0.843. The maximum absolute atomic E-state index is 12.3. The fourth-order valence-corrected chi connectivity index (χ4v) is 2.51. The molecule has 2 rings (SSSR count). The summed E-state index contributed by atoms with van der Waals surface area (Å²) in [7, 11) is 1.53. The molecule has 0 unspecified atom stereocenters. The largest absolute Gasteiger partial charge is 0.493 e. The minimum Gasteiger partial charge on any atom is -0.493 e. The van der Waals surface area contributed by atoms with Gasteiger partial charge in [0.1, 0.15) is 5.69 Å². The lowest BCUT2D eigenvalue weighted by atomic mass is 10.2. The van der Waals surface area contributed by atoms with Crippen LogP contribution in [0.5, 0.6) is 11.5 Å². The fourth-order valence-electron chi connectivity index (χ4n) is 2.51. The number of nitro groups is 1.